The summed E-state index contributed by atoms with van der Waals surface area (Å²) in [6, 6.07) is 0. The van der Waals surface area contributed by atoms with Crippen molar-refractivity contribution >= 4 is 29.2 Å². The van der Waals surface area contributed by atoms with Gasteiger partial charge < -0.3 is 34.6 Å². The van der Waals surface area contributed by atoms with Crippen molar-refractivity contribution in [3.63, 3.8) is 0 Å². The van der Waals surface area contributed by atoms with Gasteiger partial charge in [-0.3, -0.25) is 0 Å². The lowest BCUT2D eigenvalue weighted by Gasteiger charge is -2.20. The number of quaternary nitrogens is 1. The highest BCUT2D eigenvalue weighted by Crippen LogP contribution is 2.06. The van der Waals surface area contributed by atoms with Crippen LogP contribution in [0.4, 0.5) is 0 Å². The molecule has 0 aromatic carbocycles. The molecule has 0 bridgehead atoms. The van der Waals surface area contributed by atoms with Crippen LogP contribution < -0.4 is 4.90 Å². The minimum absolute atomic E-state index is 0.641. The molecule has 1 saturated heterocycles. The first kappa shape index (κ1) is 15.1. The van der Waals surface area contributed by atoms with Crippen LogP contribution >= 0.6 is 12.2 Å². The summed E-state index contributed by atoms with van der Waals surface area (Å²) >= 11 is 9.59. The Bertz CT molecular complexity index is 158. The SMILES string of the molecule is CC[NH+](CC)CC.S=C([S-])N1CCCC1. The van der Waals surface area contributed by atoms with Gasteiger partial charge in [-0.2, -0.15) is 0 Å². The van der Waals surface area contributed by atoms with E-state index in [2.05, 4.69) is 25.7 Å². The Kier molecular flexibility index (Phi) is 9.35. The van der Waals surface area contributed by atoms with Gasteiger partial charge in [-0.15, -0.1) is 0 Å². The van der Waals surface area contributed by atoms with Crippen molar-refractivity contribution in [3.05, 3.63) is 0 Å². The highest BCUT2D eigenvalue weighted by atomic mass is 32.1. The molecule has 0 saturated carbocycles. The third-order valence-electron chi connectivity index (χ3n) is 2.86. The molecule has 0 aromatic heterocycles. The maximum absolute atomic E-state index is 4.80. The summed E-state index contributed by atoms with van der Waals surface area (Å²) in [6.45, 7) is 12.7. The topological polar surface area (TPSA) is 7.68 Å². The Hall–Kier alpha value is 0.0700. The molecule has 1 rings (SSSR count). The van der Waals surface area contributed by atoms with Crippen LogP contribution in [0.1, 0.15) is 33.6 Å². The van der Waals surface area contributed by atoms with E-state index in [9.17, 15) is 0 Å². The van der Waals surface area contributed by atoms with Crippen LogP contribution in [0.5, 0.6) is 0 Å². The summed E-state index contributed by atoms with van der Waals surface area (Å²) in [7, 11) is 0. The molecule has 0 spiro atoms. The standard InChI is InChI=1S/C6H15N.C5H9NS2/c1-4-7(5-2)6-3;7-5(8)6-3-1-2-4-6/h4-6H2,1-3H3;1-4H2,(H,7,8). The van der Waals surface area contributed by atoms with Crippen LogP contribution in [-0.4, -0.2) is 41.9 Å². The molecule has 1 aliphatic rings. The molecular formula is C11H24N2S2. The largest absolute Gasteiger partial charge is 0.411 e. The van der Waals surface area contributed by atoms with Crippen LogP contribution in [0, 0.1) is 0 Å². The number of likely N-dealkylation sites (tertiary alicyclic amines) is 1. The molecule has 1 fully saturated rings. The number of thiocarbonyl (C=S) groups is 1. The first-order valence-corrected chi connectivity index (χ1v) is 6.76. The smallest absolute Gasteiger partial charge is 0.0742 e. The van der Waals surface area contributed by atoms with Crippen LogP contribution in [0.3, 0.4) is 0 Å². The molecular weight excluding hydrogens is 224 g/mol. The third-order valence-corrected chi connectivity index (χ3v) is 3.38. The lowest BCUT2D eigenvalue weighted by Crippen LogP contribution is -3.11. The molecule has 1 heterocycles. The molecule has 15 heavy (non-hydrogen) atoms. The molecule has 1 aliphatic heterocycles. The predicted molar refractivity (Wildman–Crippen MR) is 73.4 cm³/mol. The van der Waals surface area contributed by atoms with Crippen LogP contribution in [0.2, 0.25) is 0 Å². The average molecular weight is 248 g/mol. The van der Waals surface area contributed by atoms with Gasteiger partial charge in [-0.05, 0) is 33.6 Å². The van der Waals surface area contributed by atoms with Crippen LogP contribution in [0.15, 0.2) is 0 Å². The molecule has 0 atom stereocenters. The fourth-order valence-electron chi connectivity index (χ4n) is 1.65. The lowest BCUT2D eigenvalue weighted by atomic mass is 10.4. The van der Waals surface area contributed by atoms with Gasteiger partial charge in [0.2, 0.25) is 0 Å². The molecule has 0 unspecified atom stereocenters. The van der Waals surface area contributed by atoms with Crippen molar-refractivity contribution in [2.45, 2.75) is 33.6 Å². The molecule has 1 N–H and O–H groups in total. The Morgan fingerprint density at radius 2 is 1.53 bits per heavy atom. The molecule has 2 nitrogen and oxygen atoms in total. The zero-order chi connectivity index (χ0) is 11.7. The van der Waals surface area contributed by atoms with Gasteiger partial charge in [-0.1, -0.05) is 4.32 Å². The van der Waals surface area contributed by atoms with Crippen LogP contribution in [-0.2, 0) is 12.6 Å². The number of nitrogens with zero attached hydrogens (tertiary/aromatic N) is 1. The highest BCUT2D eigenvalue weighted by Gasteiger charge is 2.06. The second-order valence-electron chi connectivity index (χ2n) is 3.77. The van der Waals surface area contributed by atoms with Gasteiger partial charge in [0.15, 0.2) is 0 Å². The Morgan fingerprint density at radius 3 is 1.67 bits per heavy atom. The van der Waals surface area contributed by atoms with E-state index in [0.717, 1.165) is 13.1 Å². The summed E-state index contributed by atoms with van der Waals surface area (Å²) in [5.41, 5.74) is 0. The molecule has 4 heteroatoms. The maximum atomic E-state index is 4.80. The van der Waals surface area contributed by atoms with Gasteiger partial charge in [-0.25, -0.2) is 0 Å². The average Bonchev–Trinajstić information content (AvgIpc) is 2.74. The Balaban J connectivity index is 0.000000265. The van der Waals surface area contributed by atoms with Crippen molar-refractivity contribution in [3.8, 4) is 0 Å². The number of nitrogens with one attached hydrogen (secondary N) is 1. The quantitative estimate of drug-likeness (QED) is 0.585. The first-order chi connectivity index (χ1) is 7.15. The van der Waals surface area contributed by atoms with E-state index in [-0.39, 0.29) is 0 Å². The summed E-state index contributed by atoms with van der Waals surface area (Å²) in [4.78, 5) is 3.75. The number of hydrogen-bond acceptors (Lipinski definition) is 2. The minimum Gasteiger partial charge on any atom is -0.411 e. The second kappa shape index (κ2) is 9.31. The fraction of sp³-hybridized carbons (Fsp3) is 0.909. The van der Waals surface area contributed by atoms with Crippen molar-refractivity contribution in [1.82, 2.24) is 4.90 Å². The van der Waals surface area contributed by atoms with E-state index in [0.29, 0.717) is 4.32 Å². The summed E-state index contributed by atoms with van der Waals surface area (Å²) < 4.78 is 0.641. The molecule has 0 aromatic rings. The zero-order valence-corrected chi connectivity index (χ0v) is 11.8. The normalized spacial score (nSPS) is 15.1. The number of rotatable bonds is 3. The van der Waals surface area contributed by atoms with Gasteiger partial charge in [0.25, 0.3) is 0 Å². The van der Waals surface area contributed by atoms with Crippen molar-refractivity contribution < 1.29 is 4.90 Å². The van der Waals surface area contributed by atoms with Crippen molar-refractivity contribution in [1.29, 1.82) is 0 Å². The zero-order valence-electron chi connectivity index (χ0n) is 10.2. The monoisotopic (exact) mass is 248 g/mol. The Morgan fingerprint density at radius 1 is 1.13 bits per heavy atom. The number of hydrogen-bond donors (Lipinski definition) is 1. The van der Waals surface area contributed by atoms with Crippen LogP contribution in [0.25, 0.3) is 0 Å². The third kappa shape index (κ3) is 7.03. The Labute approximate surface area is 105 Å². The van der Waals surface area contributed by atoms with Crippen molar-refractivity contribution in [2.24, 2.45) is 0 Å². The second-order valence-corrected chi connectivity index (χ2v) is 4.80. The molecule has 0 aliphatic carbocycles. The van der Waals surface area contributed by atoms with E-state index in [1.807, 2.05) is 0 Å². The summed E-state index contributed by atoms with van der Waals surface area (Å²) in [6.07, 6.45) is 2.52. The van der Waals surface area contributed by atoms with Gasteiger partial charge in [0.1, 0.15) is 0 Å². The molecule has 0 radical (unpaired) electrons. The maximum Gasteiger partial charge on any atom is 0.0742 e. The molecule has 90 valence electrons. The predicted octanol–water partition coefficient (Wildman–Crippen LogP) is 0.845. The molecule has 0 amide bonds. The summed E-state index contributed by atoms with van der Waals surface area (Å²) in [5.74, 6) is 0. The van der Waals surface area contributed by atoms with Gasteiger partial charge in [0, 0.05) is 13.1 Å². The van der Waals surface area contributed by atoms with E-state index in [1.165, 1.54) is 32.5 Å². The van der Waals surface area contributed by atoms with Crippen molar-refractivity contribution in [2.75, 3.05) is 32.7 Å². The van der Waals surface area contributed by atoms with E-state index in [1.54, 1.807) is 4.90 Å². The van der Waals surface area contributed by atoms with E-state index < -0.39 is 0 Å². The van der Waals surface area contributed by atoms with Gasteiger partial charge >= 0.3 is 0 Å². The minimum atomic E-state index is 0.641. The van der Waals surface area contributed by atoms with Gasteiger partial charge in [0.05, 0.1) is 19.6 Å². The lowest BCUT2D eigenvalue weighted by molar-refractivity contribution is -0.894. The highest BCUT2D eigenvalue weighted by molar-refractivity contribution is 8.00. The first-order valence-electron chi connectivity index (χ1n) is 5.95. The van der Waals surface area contributed by atoms with E-state index in [4.69, 9.17) is 24.8 Å². The fourth-order valence-corrected chi connectivity index (χ4v) is 2.01. The van der Waals surface area contributed by atoms with E-state index >= 15 is 0 Å². The summed E-state index contributed by atoms with van der Waals surface area (Å²) in [5, 5.41) is 0.